The van der Waals surface area contributed by atoms with Crippen LogP contribution >= 0.6 is 23.2 Å². The number of esters is 1. The van der Waals surface area contributed by atoms with Gasteiger partial charge in [-0.05, 0) is 24.6 Å². The van der Waals surface area contributed by atoms with Crippen molar-refractivity contribution in [3.8, 4) is 0 Å². The first-order chi connectivity index (χ1) is 9.93. The Hall–Kier alpha value is -1.72. The summed E-state index contributed by atoms with van der Waals surface area (Å²) < 4.78 is 6.86. The van der Waals surface area contributed by atoms with Crippen molar-refractivity contribution in [3.05, 3.63) is 45.2 Å². The second-order valence-corrected chi connectivity index (χ2v) is 5.28. The first kappa shape index (κ1) is 15.7. The Morgan fingerprint density at radius 2 is 2.14 bits per heavy atom. The van der Waals surface area contributed by atoms with Gasteiger partial charge in [-0.3, -0.25) is 4.68 Å². The number of halogens is 2. The van der Waals surface area contributed by atoms with E-state index in [9.17, 15) is 4.79 Å². The lowest BCUT2D eigenvalue weighted by atomic mass is 10.2. The third-order valence-electron chi connectivity index (χ3n) is 3.07. The lowest BCUT2D eigenvalue weighted by Gasteiger charge is -2.07. The monoisotopic (exact) mass is 327 g/mol. The van der Waals surface area contributed by atoms with Crippen LogP contribution in [-0.4, -0.2) is 15.7 Å². The summed E-state index contributed by atoms with van der Waals surface area (Å²) in [5, 5.41) is 5.19. The Morgan fingerprint density at radius 3 is 2.71 bits per heavy atom. The van der Waals surface area contributed by atoms with E-state index in [-0.39, 0.29) is 6.61 Å². The number of ether oxygens (including phenoxy) is 1. The molecular formula is C14H15Cl2N3O2. The smallest absolute Gasteiger partial charge is 0.338 e. The molecule has 0 saturated heterocycles. The molecule has 0 fully saturated rings. The van der Waals surface area contributed by atoms with Crippen LogP contribution in [0.5, 0.6) is 0 Å². The minimum Gasteiger partial charge on any atom is -0.456 e. The van der Waals surface area contributed by atoms with Crippen molar-refractivity contribution in [2.75, 3.05) is 5.73 Å². The highest BCUT2D eigenvalue weighted by Gasteiger charge is 2.16. The van der Waals surface area contributed by atoms with Crippen molar-refractivity contribution in [2.45, 2.75) is 20.0 Å². The minimum absolute atomic E-state index is 0.0453. The largest absolute Gasteiger partial charge is 0.456 e. The van der Waals surface area contributed by atoms with Gasteiger partial charge in [0.05, 0.1) is 32.7 Å². The lowest BCUT2D eigenvalue weighted by molar-refractivity contribution is 0.0464. The van der Waals surface area contributed by atoms with Crippen molar-refractivity contribution < 1.29 is 9.53 Å². The van der Waals surface area contributed by atoms with E-state index in [0.717, 1.165) is 5.69 Å². The third kappa shape index (κ3) is 3.31. The molecule has 0 bridgehead atoms. The van der Waals surface area contributed by atoms with Gasteiger partial charge in [0.15, 0.2) is 0 Å². The highest BCUT2D eigenvalue weighted by Crippen LogP contribution is 2.23. The van der Waals surface area contributed by atoms with Crippen LogP contribution in [0.2, 0.25) is 10.0 Å². The summed E-state index contributed by atoms with van der Waals surface area (Å²) in [5.74, 6) is -0.492. The molecule has 0 radical (unpaired) electrons. The van der Waals surface area contributed by atoms with Crippen LogP contribution in [0.1, 0.15) is 28.7 Å². The Balaban J connectivity index is 2.11. The standard InChI is InChI=1S/C14H15Cl2N3O2/c1-3-11-13(16)12(19(2)18-11)7-21-14(20)8-4-5-9(15)10(17)6-8/h4-6H,3,7,17H2,1-2H3. The van der Waals surface area contributed by atoms with E-state index in [4.69, 9.17) is 33.7 Å². The molecule has 21 heavy (non-hydrogen) atoms. The minimum atomic E-state index is -0.492. The highest BCUT2D eigenvalue weighted by atomic mass is 35.5. The maximum atomic E-state index is 12.0. The van der Waals surface area contributed by atoms with Crippen molar-refractivity contribution in [1.29, 1.82) is 0 Å². The molecule has 1 aromatic carbocycles. The number of nitrogens with two attached hydrogens (primary N) is 1. The predicted octanol–water partition coefficient (Wildman–Crippen LogP) is 3.23. The number of aromatic nitrogens is 2. The molecule has 2 N–H and O–H groups in total. The molecule has 7 heteroatoms. The second-order valence-electron chi connectivity index (χ2n) is 4.50. The van der Waals surface area contributed by atoms with Gasteiger partial charge in [0.2, 0.25) is 0 Å². The summed E-state index contributed by atoms with van der Waals surface area (Å²) >= 11 is 12.0. The molecule has 0 spiro atoms. The maximum absolute atomic E-state index is 12.0. The van der Waals surface area contributed by atoms with Crippen LogP contribution in [0.3, 0.4) is 0 Å². The van der Waals surface area contributed by atoms with E-state index in [1.54, 1.807) is 23.9 Å². The SMILES string of the molecule is CCc1nn(C)c(COC(=O)c2ccc(Cl)c(N)c2)c1Cl. The molecule has 0 atom stereocenters. The van der Waals surface area contributed by atoms with Crippen molar-refractivity contribution in [1.82, 2.24) is 9.78 Å². The molecule has 2 aromatic rings. The Bertz CT molecular complexity index is 683. The normalized spacial score (nSPS) is 10.7. The van der Waals surface area contributed by atoms with Crippen LogP contribution in [0.4, 0.5) is 5.69 Å². The van der Waals surface area contributed by atoms with Gasteiger partial charge >= 0.3 is 5.97 Å². The molecule has 0 aliphatic heterocycles. The van der Waals surface area contributed by atoms with Crippen LogP contribution in [0.25, 0.3) is 0 Å². The van der Waals surface area contributed by atoms with E-state index >= 15 is 0 Å². The van der Waals surface area contributed by atoms with Gasteiger partial charge in [0, 0.05) is 7.05 Å². The molecule has 0 aliphatic rings. The van der Waals surface area contributed by atoms with E-state index in [1.807, 2.05) is 6.92 Å². The topological polar surface area (TPSA) is 70.1 Å². The molecule has 0 saturated carbocycles. The quantitative estimate of drug-likeness (QED) is 0.691. The van der Waals surface area contributed by atoms with Crippen molar-refractivity contribution >= 4 is 34.9 Å². The number of carbonyl (C=O) groups is 1. The fraction of sp³-hybridized carbons (Fsp3) is 0.286. The van der Waals surface area contributed by atoms with Gasteiger partial charge in [-0.25, -0.2) is 4.79 Å². The van der Waals surface area contributed by atoms with Crippen LogP contribution in [0.15, 0.2) is 18.2 Å². The number of aryl methyl sites for hydroxylation is 2. The average Bonchev–Trinajstić information content (AvgIpc) is 2.73. The summed E-state index contributed by atoms with van der Waals surface area (Å²) in [6.45, 7) is 2.00. The van der Waals surface area contributed by atoms with Crippen LogP contribution < -0.4 is 5.73 Å². The number of rotatable bonds is 4. The fourth-order valence-electron chi connectivity index (χ4n) is 1.86. The van der Waals surface area contributed by atoms with E-state index in [1.165, 1.54) is 6.07 Å². The zero-order chi connectivity index (χ0) is 15.6. The Labute approximate surface area is 132 Å². The molecule has 0 unspecified atom stereocenters. The number of benzene rings is 1. The summed E-state index contributed by atoms with van der Waals surface area (Å²) in [6, 6.07) is 4.59. The van der Waals surface area contributed by atoms with Gasteiger partial charge in [0.1, 0.15) is 6.61 Å². The van der Waals surface area contributed by atoms with Crippen LogP contribution in [0, 0.1) is 0 Å². The zero-order valence-corrected chi connectivity index (χ0v) is 13.2. The molecule has 1 heterocycles. The summed E-state index contributed by atoms with van der Waals surface area (Å²) in [4.78, 5) is 12.0. The van der Waals surface area contributed by atoms with Crippen LogP contribution in [-0.2, 0) is 24.8 Å². The van der Waals surface area contributed by atoms with Gasteiger partial charge < -0.3 is 10.5 Å². The van der Waals surface area contributed by atoms with Gasteiger partial charge in [0.25, 0.3) is 0 Å². The Kier molecular flexibility index (Phi) is 4.75. The first-order valence-corrected chi connectivity index (χ1v) is 7.12. The molecule has 0 aliphatic carbocycles. The molecular weight excluding hydrogens is 313 g/mol. The number of hydrogen-bond acceptors (Lipinski definition) is 4. The number of nitrogen functional groups attached to an aromatic ring is 1. The molecule has 2 rings (SSSR count). The summed E-state index contributed by atoms with van der Waals surface area (Å²) in [6.07, 6.45) is 0.717. The zero-order valence-electron chi connectivity index (χ0n) is 11.7. The molecule has 112 valence electrons. The number of carbonyl (C=O) groups excluding carboxylic acids is 1. The lowest BCUT2D eigenvalue weighted by Crippen LogP contribution is -2.08. The molecule has 0 amide bonds. The van der Waals surface area contributed by atoms with Crippen molar-refractivity contribution in [3.63, 3.8) is 0 Å². The summed E-state index contributed by atoms with van der Waals surface area (Å²) in [7, 11) is 1.76. The van der Waals surface area contributed by atoms with E-state index in [2.05, 4.69) is 5.10 Å². The van der Waals surface area contributed by atoms with Crippen molar-refractivity contribution in [2.24, 2.45) is 7.05 Å². The Morgan fingerprint density at radius 1 is 1.43 bits per heavy atom. The highest BCUT2D eigenvalue weighted by molar-refractivity contribution is 6.33. The molecule has 1 aromatic heterocycles. The van der Waals surface area contributed by atoms with Gasteiger partial charge in [-0.1, -0.05) is 30.1 Å². The third-order valence-corrected chi connectivity index (χ3v) is 3.86. The number of nitrogens with zero attached hydrogens (tertiary/aromatic N) is 2. The average molecular weight is 328 g/mol. The summed E-state index contributed by atoms with van der Waals surface area (Å²) in [5.41, 5.74) is 7.77. The number of hydrogen-bond donors (Lipinski definition) is 1. The van der Waals surface area contributed by atoms with Gasteiger partial charge in [-0.2, -0.15) is 5.10 Å². The molecule has 5 nitrogen and oxygen atoms in total. The fourth-order valence-corrected chi connectivity index (χ4v) is 2.33. The second kappa shape index (κ2) is 6.37. The maximum Gasteiger partial charge on any atom is 0.338 e. The number of anilines is 1. The van der Waals surface area contributed by atoms with E-state index < -0.39 is 5.97 Å². The first-order valence-electron chi connectivity index (χ1n) is 6.36. The van der Waals surface area contributed by atoms with Gasteiger partial charge in [-0.15, -0.1) is 0 Å². The predicted molar refractivity (Wildman–Crippen MR) is 82.6 cm³/mol. The van der Waals surface area contributed by atoms with E-state index in [0.29, 0.717) is 33.4 Å².